The molecule has 2 aromatic rings. The van der Waals surface area contributed by atoms with Gasteiger partial charge < -0.3 is 10.6 Å². The zero-order valence-corrected chi connectivity index (χ0v) is 13.6. The summed E-state index contributed by atoms with van der Waals surface area (Å²) in [6, 6.07) is 0.606. The fraction of sp³-hybridized carbons (Fsp3) is 0.615. The lowest BCUT2D eigenvalue weighted by Crippen LogP contribution is -2.32. The summed E-state index contributed by atoms with van der Waals surface area (Å²) in [6.07, 6.45) is 5.07. The Hall–Kier alpha value is -0.720. The third kappa shape index (κ3) is 3.07. The normalized spacial score (nSPS) is 14.8. The highest BCUT2D eigenvalue weighted by Gasteiger charge is 2.20. The molecule has 0 bridgehead atoms. The smallest absolute Gasteiger partial charge is 0.195 e. The van der Waals surface area contributed by atoms with Crippen LogP contribution >= 0.6 is 23.1 Å². The Morgan fingerprint density at radius 3 is 2.89 bits per heavy atom. The molecule has 2 atom stereocenters. The number of rotatable bonds is 6. The summed E-state index contributed by atoms with van der Waals surface area (Å²) >= 11 is 3.53. The van der Waals surface area contributed by atoms with Gasteiger partial charge in [-0.3, -0.25) is 4.40 Å². The van der Waals surface area contributed by atoms with Crippen LogP contribution in [0, 0.1) is 0 Å². The van der Waals surface area contributed by atoms with Crippen molar-refractivity contribution in [3.63, 3.8) is 0 Å². The number of fused-ring (bicyclic) bond motifs is 1. The van der Waals surface area contributed by atoms with Gasteiger partial charge in [-0.25, -0.2) is 4.98 Å². The van der Waals surface area contributed by atoms with Crippen molar-refractivity contribution in [3.05, 3.63) is 17.3 Å². The third-order valence-corrected chi connectivity index (χ3v) is 4.83. The molecule has 4 nitrogen and oxygen atoms in total. The lowest BCUT2D eigenvalue weighted by atomic mass is 10.2. The second-order valence-electron chi connectivity index (χ2n) is 5.03. The first kappa shape index (κ1) is 14.7. The number of nitrogens with two attached hydrogens (primary N) is 1. The summed E-state index contributed by atoms with van der Waals surface area (Å²) < 4.78 is 2.17. The van der Waals surface area contributed by atoms with E-state index in [1.165, 1.54) is 5.69 Å². The van der Waals surface area contributed by atoms with Gasteiger partial charge in [-0.05, 0) is 20.1 Å². The molecule has 0 amide bonds. The summed E-state index contributed by atoms with van der Waals surface area (Å²) in [5, 5.41) is 2.07. The third-order valence-electron chi connectivity index (χ3n) is 3.26. The molecule has 0 radical (unpaired) electrons. The van der Waals surface area contributed by atoms with Crippen molar-refractivity contribution in [2.24, 2.45) is 5.73 Å². The second kappa shape index (κ2) is 6.15. The Morgan fingerprint density at radius 1 is 1.53 bits per heavy atom. The molecule has 0 aliphatic heterocycles. The van der Waals surface area contributed by atoms with Gasteiger partial charge in [-0.2, -0.15) is 11.8 Å². The van der Waals surface area contributed by atoms with E-state index >= 15 is 0 Å². The topological polar surface area (TPSA) is 46.6 Å². The van der Waals surface area contributed by atoms with Crippen LogP contribution in [-0.2, 0) is 6.42 Å². The van der Waals surface area contributed by atoms with E-state index in [1.54, 1.807) is 11.3 Å². The molecule has 0 saturated carbocycles. The molecule has 0 spiro atoms. The maximum absolute atomic E-state index is 5.99. The largest absolute Gasteiger partial charge is 0.355 e. The monoisotopic (exact) mass is 298 g/mol. The molecule has 0 saturated heterocycles. The highest BCUT2D eigenvalue weighted by Crippen LogP contribution is 2.26. The van der Waals surface area contributed by atoms with E-state index < -0.39 is 0 Å². The van der Waals surface area contributed by atoms with Crippen LogP contribution in [0.15, 0.2) is 11.6 Å². The van der Waals surface area contributed by atoms with Crippen LogP contribution in [0.1, 0.15) is 19.5 Å². The predicted octanol–water partition coefficient (Wildman–Crippen LogP) is 2.47. The lowest BCUT2D eigenvalue weighted by Gasteiger charge is -2.25. The van der Waals surface area contributed by atoms with Crippen LogP contribution in [0.2, 0.25) is 0 Å². The maximum atomic E-state index is 5.99. The minimum atomic E-state index is 0.141. The van der Waals surface area contributed by atoms with Crippen LogP contribution in [0.5, 0.6) is 0 Å². The number of thioether (sulfide) groups is 1. The molecular formula is C13H22N4S2. The van der Waals surface area contributed by atoms with Crippen molar-refractivity contribution in [3.8, 4) is 0 Å². The van der Waals surface area contributed by atoms with Gasteiger partial charge in [0.05, 0.1) is 5.69 Å². The van der Waals surface area contributed by atoms with Gasteiger partial charge >= 0.3 is 0 Å². The summed E-state index contributed by atoms with van der Waals surface area (Å²) in [5.74, 6) is 2.17. The number of hydrogen-bond acceptors (Lipinski definition) is 5. The number of hydrogen-bond donors (Lipinski definition) is 1. The fourth-order valence-corrected chi connectivity index (χ4v) is 3.59. The van der Waals surface area contributed by atoms with Gasteiger partial charge in [0.1, 0.15) is 0 Å². The van der Waals surface area contributed by atoms with Crippen molar-refractivity contribution >= 4 is 33.9 Å². The predicted molar refractivity (Wildman–Crippen MR) is 86.7 cm³/mol. The zero-order chi connectivity index (χ0) is 14.0. The summed E-state index contributed by atoms with van der Waals surface area (Å²) in [6.45, 7) is 4.28. The van der Waals surface area contributed by atoms with Crippen molar-refractivity contribution in [1.29, 1.82) is 0 Å². The van der Waals surface area contributed by atoms with E-state index in [1.807, 2.05) is 18.7 Å². The Morgan fingerprint density at radius 2 is 2.26 bits per heavy atom. The van der Waals surface area contributed by atoms with E-state index in [0.29, 0.717) is 6.04 Å². The second-order valence-corrected chi connectivity index (χ2v) is 6.82. The quantitative estimate of drug-likeness (QED) is 0.890. The van der Waals surface area contributed by atoms with Crippen LogP contribution in [-0.4, -0.2) is 40.5 Å². The molecule has 106 valence electrons. The molecular weight excluding hydrogens is 276 g/mol. The van der Waals surface area contributed by atoms with Crippen LogP contribution in [0.25, 0.3) is 4.96 Å². The number of aromatic nitrogens is 2. The molecule has 2 aromatic heterocycles. The standard InChI is InChI=1S/C13H22N4S2/c1-9(14)7-11-12(16(3)10(2)8-18-4)15-13-17(11)5-6-19-13/h5-6,9-10H,7-8,14H2,1-4H3. The van der Waals surface area contributed by atoms with Crippen LogP contribution in [0.4, 0.5) is 5.82 Å². The highest BCUT2D eigenvalue weighted by molar-refractivity contribution is 7.98. The zero-order valence-electron chi connectivity index (χ0n) is 12.0. The maximum Gasteiger partial charge on any atom is 0.195 e. The number of anilines is 1. The Labute approximate surface area is 123 Å². The average Bonchev–Trinajstić information content (AvgIpc) is 2.91. The highest BCUT2D eigenvalue weighted by atomic mass is 32.2. The van der Waals surface area contributed by atoms with Gasteiger partial charge in [0, 0.05) is 42.9 Å². The van der Waals surface area contributed by atoms with E-state index in [0.717, 1.165) is 23.0 Å². The molecule has 2 heterocycles. The van der Waals surface area contributed by atoms with Gasteiger partial charge in [-0.1, -0.05) is 0 Å². The minimum absolute atomic E-state index is 0.141. The Bertz CT molecular complexity index is 532. The molecule has 0 aliphatic carbocycles. The van der Waals surface area contributed by atoms with Crippen molar-refractivity contribution in [2.75, 3.05) is 24.0 Å². The van der Waals surface area contributed by atoms with Gasteiger partial charge in [0.15, 0.2) is 10.8 Å². The molecule has 0 aliphatic rings. The molecule has 0 fully saturated rings. The number of nitrogens with zero attached hydrogens (tertiary/aromatic N) is 3. The van der Waals surface area contributed by atoms with Crippen LogP contribution < -0.4 is 10.6 Å². The van der Waals surface area contributed by atoms with E-state index in [-0.39, 0.29) is 6.04 Å². The Kier molecular flexibility index (Phi) is 4.76. The van der Waals surface area contributed by atoms with Crippen molar-refractivity contribution in [1.82, 2.24) is 9.38 Å². The summed E-state index contributed by atoms with van der Waals surface area (Å²) in [7, 11) is 2.12. The SMILES string of the molecule is CSCC(C)N(C)c1nc2sccn2c1CC(C)N. The van der Waals surface area contributed by atoms with Gasteiger partial charge in [-0.15, -0.1) is 11.3 Å². The van der Waals surface area contributed by atoms with Gasteiger partial charge in [0.25, 0.3) is 0 Å². The first-order valence-electron chi connectivity index (χ1n) is 6.46. The van der Waals surface area contributed by atoms with Crippen molar-refractivity contribution < 1.29 is 0 Å². The fourth-order valence-electron chi connectivity index (χ4n) is 2.16. The Balaban J connectivity index is 2.37. The number of imidazole rings is 1. The van der Waals surface area contributed by atoms with E-state index in [9.17, 15) is 0 Å². The first-order valence-corrected chi connectivity index (χ1v) is 8.73. The summed E-state index contributed by atoms with van der Waals surface area (Å²) in [4.78, 5) is 8.09. The number of thiazole rings is 1. The van der Waals surface area contributed by atoms with Crippen LogP contribution in [0.3, 0.4) is 0 Å². The molecule has 2 rings (SSSR count). The van der Waals surface area contributed by atoms with Crippen molar-refractivity contribution in [2.45, 2.75) is 32.4 Å². The minimum Gasteiger partial charge on any atom is -0.355 e. The van der Waals surface area contributed by atoms with Gasteiger partial charge in [0.2, 0.25) is 0 Å². The molecule has 19 heavy (non-hydrogen) atoms. The van der Waals surface area contributed by atoms with E-state index in [2.05, 4.69) is 41.1 Å². The average molecular weight is 298 g/mol. The summed E-state index contributed by atoms with van der Waals surface area (Å²) in [5.41, 5.74) is 7.21. The van der Waals surface area contributed by atoms with E-state index in [4.69, 9.17) is 10.7 Å². The first-order chi connectivity index (χ1) is 9.04. The molecule has 2 unspecified atom stereocenters. The molecule has 0 aromatic carbocycles. The molecule has 6 heteroatoms. The molecule has 2 N–H and O–H groups in total. The lowest BCUT2D eigenvalue weighted by molar-refractivity contribution is 0.701.